The summed E-state index contributed by atoms with van der Waals surface area (Å²) in [5.74, 6) is 0.399. The molecule has 13 nitrogen and oxygen atoms in total. The maximum Gasteiger partial charge on any atom is 0.495 e. The fourth-order valence-corrected chi connectivity index (χ4v) is 3.59. The Balaban J connectivity index is 2.16. The van der Waals surface area contributed by atoms with E-state index in [-0.39, 0.29) is 64.7 Å². The van der Waals surface area contributed by atoms with Gasteiger partial charge in [-0.1, -0.05) is 0 Å². The summed E-state index contributed by atoms with van der Waals surface area (Å²) in [7, 11) is 0. The van der Waals surface area contributed by atoms with Crippen molar-refractivity contribution in [3.8, 4) is 0 Å². The van der Waals surface area contributed by atoms with Crippen LogP contribution in [0.15, 0.2) is 0 Å². The highest BCUT2D eigenvalue weighted by Gasteiger charge is 2.52. The molecule has 0 aromatic rings. The Kier molecular flexibility index (Phi) is 20.3. The summed E-state index contributed by atoms with van der Waals surface area (Å²) in [5.41, 5.74) is 0. The van der Waals surface area contributed by atoms with Gasteiger partial charge in [0.05, 0.1) is 52.9 Å². The van der Waals surface area contributed by atoms with E-state index in [2.05, 4.69) is 18.9 Å². The molecular formula is C25H44F6O13. The van der Waals surface area contributed by atoms with E-state index in [4.69, 9.17) is 29.2 Å². The molecule has 19 heteroatoms. The molecule has 5 N–H and O–H groups in total. The summed E-state index contributed by atoms with van der Waals surface area (Å²) < 4.78 is 117. The molecule has 0 amide bonds. The van der Waals surface area contributed by atoms with Crippen molar-refractivity contribution in [3.63, 3.8) is 0 Å². The molecule has 0 aromatic heterocycles. The monoisotopic (exact) mass is 666 g/mol. The van der Waals surface area contributed by atoms with Gasteiger partial charge < -0.3 is 54.0 Å². The molecule has 1 rings (SSSR count). The molecule has 1 fully saturated rings. The largest absolute Gasteiger partial charge is 0.495 e. The molecule has 0 aliphatic heterocycles. The van der Waals surface area contributed by atoms with Crippen LogP contribution in [0.2, 0.25) is 0 Å². The number of aliphatic hydroxyl groups excluding tert-OH is 5. The Labute approximate surface area is 250 Å². The number of hydrogen-bond donors (Lipinski definition) is 5. The van der Waals surface area contributed by atoms with Gasteiger partial charge in [-0.05, 0) is 31.1 Å². The lowest BCUT2D eigenvalue weighted by molar-refractivity contribution is -0.518. The summed E-state index contributed by atoms with van der Waals surface area (Å²) >= 11 is 0. The molecule has 0 bridgehead atoms. The molecule has 0 heterocycles. The number of aliphatic hydroxyl groups is 5. The van der Waals surface area contributed by atoms with Crippen LogP contribution in [0.25, 0.3) is 0 Å². The summed E-state index contributed by atoms with van der Waals surface area (Å²) in [6.07, 6.45) is -16.4. The van der Waals surface area contributed by atoms with E-state index in [1.54, 1.807) is 0 Å². The zero-order valence-electron chi connectivity index (χ0n) is 24.2. The van der Waals surface area contributed by atoms with Crippen LogP contribution in [0.5, 0.6) is 0 Å². The van der Waals surface area contributed by atoms with E-state index in [1.165, 1.54) is 0 Å². The first-order valence-corrected chi connectivity index (χ1v) is 13.9. The number of halogens is 6. The van der Waals surface area contributed by atoms with Crippen LogP contribution in [-0.2, 0) is 37.9 Å². The lowest BCUT2D eigenvalue weighted by Gasteiger charge is -2.35. The van der Waals surface area contributed by atoms with Crippen LogP contribution in [0.1, 0.15) is 19.3 Å². The van der Waals surface area contributed by atoms with Crippen molar-refractivity contribution >= 4 is 0 Å². The van der Waals surface area contributed by atoms with Crippen LogP contribution in [0.3, 0.4) is 0 Å². The predicted octanol–water partition coefficient (Wildman–Crippen LogP) is 0.339. The molecule has 0 saturated heterocycles. The Morgan fingerprint density at radius 1 is 0.568 bits per heavy atom. The average molecular weight is 667 g/mol. The Hall–Kier alpha value is -0.940. The SMILES string of the molecule is OCCCOCC(O)COCC(O)COCC(F)(F)OC(F)(F)OC(F)(F)COCCOCC(O)COCC1CCC1CO. The maximum absolute atomic E-state index is 13.7. The van der Waals surface area contributed by atoms with E-state index in [9.17, 15) is 41.7 Å². The van der Waals surface area contributed by atoms with Gasteiger partial charge in [-0.15, -0.1) is 8.78 Å². The summed E-state index contributed by atoms with van der Waals surface area (Å²) in [6.45, 7) is -5.96. The maximum atomic E-state index is 13.7. The smallest absolute Gasteiger partial charge is 0.396 e. The highest BCUT2D eigenvalue weighted by Crippen LogP contribution is 2.34. The molecule has 5 unspecified atom stereocenters. The van der Waals surface area contributed by atoms with Gasteiger partial charge in [0.25, 0.3) is 0 Å². The van der Waals surface area contributed by atoms with E-state index in [1.807, 2.05) is 0 Å². The van der Waals surface area contributed by atoms with E-state index in [0.29, 0.717) is 13.0 Å². The van der Waals surface area contributed by atoms with Gasteiger partial charge in [0.2, 0.25) is 0 Å². The normalized spacial score (nSPS) is 20.0. The minimum atomic E-state index is -5.46. The first-order chi connectivity index (χ1) is 20.7. The minimum Gasteiger partial charge on any atom is -0.396 e. The number of hydrogen-bond acceptors (Lipinski definition) is 13. The van der Waals surface area contributed by atoms with Crippen LogP contribution >= 0.6 is 0 Å². The van der Waals surface area contributed by atoms with Crippen LogP contribution in [0, 0.1) is 11.8 Å². The van der Waals surface area contributed by atoms with Crippen molar-refractivity contribution in [1.82, 2.24) is 0 Å². The van der Waals surface area contributed by atoms with Crippen molar-refractivity contribution in [2.75, 3.05) is 92.5 Å². The minimum absolute atomic E-state index is 0.0594. The van der Waals surface area contributed by atoms with Gasteiger partial charge in [0.15, 0.2) is 0 Å². The molecule has 0 aromatic carbocycles. The summed E-state index contributed by atoms with van der Waals surface area (Å²) in [5, 5.41) is 46.7. The van der Waals surface area contributed by atoms with Gasteiger partial charge in [-0.3, -0.25) is 0 Å². The zero-order chi connectivity index (χ0) is 33.1. The Morgan fingerprint density at radius 2 is 1.02 bits per heavy atom. The van der Waals surface area contributed by atoms with Gasteiger partial charge in [0.1, 0.15) is 31.5 Å². The fraction of sp³-hybridized carbons (Fsp3) is 1.00. The molecule has 1 aliphatic carbocycles. The average Bonchev–Trinajstić information content (AvgIpc) is 2.89. The first-order valence-electron chi connectivity index (χ1n) is 13.9. The third-order valence-corrected chi connectivity index (χ3v) is 5.90. The van der Waals surface area contributed by atoms with Crippen molar-refractivity contribution < 1.29 is 89.8 Å². The van der Waals surface area contributed by atoms with Crippen LogP contribution in [0.4, 0.5) is 26.3 Å². The quantitative estimate of drug-likeness (QED) is 0.0421. The fourth-order valence-electron chi connectivity index (χ4n) is 3.59. The van der Waals surface area contributed by atoms with E-state index < -0.39 is 69.9 Å². The van der Waals surface area contributed by atoms with Gasteiger partial charge in [-0.25, -0.2) is 9.47 Å². The van der Waals surface area contributed by atoms with Gasteiger partial charge in [-0.2, -0.15) is 17.6 Å². The Bertz CT molecular complexity index is 726. The third kappa shape index (κ3) is 20.2. The van der Waals surface area contributed by atoms with Crippen molar-refractivity contribution in [3.05, 3.63) is 0 Å². The molecule has 1 saturated carbocycles. The number of rotatable bonds is 29. The van der Waals surface area contributed by atoms with E-state index >= 15 is 0 Å². The lowest BCUT2D eigenvalue weighted by atomic mass is 9.75. The molecule has 44 heavy (non-hydrogen) atoms. The molecule has 0 radical (unpaired) electrons. The first kappa shape index (κ1) is 41.1. The van der Waals surface area contributed by atoms with Crippen LogP contribution < -0.4 is 0 Å². The van der Waals surface area contributed by atoms with Crippen molar-refractivity contribution in [2.45, 2.75) is 56.1 Å². The van der Waals surface area contributed by atoms with Gasteiger partial charge in [0, 0.05) is 26.4 Å². The van der Waals surface area contributed by atoms with Gasteiger partial charge >= 0.3 is 18.5 Å². The number of ether oxygens (including phenoxy) is 8. The summed E-state index contributed by atoms with van der Waals surface area (Å²) in [6, 6.07) is 0. The molecule has 1 aliphatic rings. The van der Waals surface area contributed by atoms with Crippen LogP contribution in [-0.4, -0.2) is 155 Å². The lowest BCUT2D eigenvalue weighted by Crippen LogP contribution is -2.44. The number of alkyl halides is 6. The second kappa shape index (κ2) is 21.8. The predicted molar refractivity (Wildman–Crippen MR) is 135 cm³/mol. The highest BCUT2D eigenvalue weighted by molar-refractivity contribution is 4.79. The topological polar surface area (TPSA) is 175 Å². The standard InChI is InChI=1S/C25H44F6O13/c26-23(27,16-39-7-6-38-11-21(35)12-40-9-19-3-2-18(19)8-33)43-25(30,31)44-24(28,29)17-42-15-22(36)14-41-13-20(34)10-37-5-1-4-32/h18-22,32-36H,1-17H2. The van der Waals surface area contributed by atoms with Crippen molar-refractivity contribution in [1.29, 1.82) is 0 Å². The zero-order valence-corrected chi connectivity index (χ0v) is 24.2. The molecular weight excluding hydrogens is 622 g/mol. The molecule has 5 atom stereocenters. The Morgan fingerprint density at radius 3 is 1.55 bits per heavy atom. The highest BCUT2D eigenvalue weighted by atomic mass is 19.3. The second-order valence-corrected chi connectivity index (χ2v) is 10.1. The molecule has 0 spiro atoms. The third-order valence-electron chi connectivity index (χ3n) is 5.90. The van der Waals surface area contributed by atoms with Crippen molar-refractivity contribution in [2.24, 2.45) is 11.8 Å². The second-order valence-electron chi connectivity index (χ2n) is 10.1. The molecule has 264 valence electrons. The summed E-state index contributed by atoms with van der Waals surface area (Å²) in [4.78, 5) is 0. The van der Waals surface area contributed by atoms with E-state index in [0.717, 1.165) is 12.8 Å².